The van der Waals surface area contributed by atoms with Crippen LogP contribution in [0.4, 0.5) is 0 Å². The van der Waals surface area contributed by atoms with E-state index in [1.807, 2.05) is 18.4 Å². The quantitative estimate of drug-likeness (QED) is 0.226. The standard InChI is InChI=1S/C20H34N4O2S.HI/c1-21-20(22-9-5-12-26-17-7-13-25-14-8-17)23-16-18(19-6-4-15-27-19)24-10-2-3-11-24;/h4,6,15,17-18H,2-3,5,7-14,16H2,1H3,(H2,21,22,23);1H. The molecule has 8 heteroatoms. The molecule has 0 spiro atoms. The lowest BCUT2D eigenvalue weighted by atomic mass is 10.1. The minimum absolute atomic E-state index is 0. The second kappa shape index (κ2) is 13.7. The molecule has 0 aromatic carbocycles. The molecule has 6 nitrogen and oxygen atoms in total. The molecule has 1 atom stereocenters. The molecular weight excluding hydrogens is 487 g/mol. The van der Waals surface area contributed by atoms with Crippen LogP contribution in [-0.4, -0.2) is 70.0 Å². The van der Waals surface area contributed by atoms with Gasteiger partial charge in [-0.05, 0) is 56.6 Å². The number of rotatable bonds is 9. The maximum atomic E-state index is 5.93. The van der Waals surface area contributed by atoms with Gasteiger partial charge < -0.3 is 20.1 Å². The fourth-order valence-corrected chi connectivity index (χ4v) is 4.59. The van der Waals surface area contributed by atoms with Crippen LogP contribution in [0.2, 0.25) is 0 Å². The molecule has 0 aliphatic carbocycles. The van der Waals surface area contributed by atoms with Gasteiger partial charge in [-0.15, -0.1) is 35.3 Å². The number of nitrogens with one attached hydrogen (secondary N) is 2. The molecule has 160 valence electrons. The molecule has 2 aliphatic heterocycles. The number of hydrogen-bond acceptors (Lipinski definition) is 5. The number of guanidine groups is 1. The highest BCUT2D eigenvalue weighted by Gasteiger charge is 2.24. The molecule has 2 saturated heterocycles. The number of halogens is 1. The summed E-state index contributed by atoms with van der Waals surface area (Å²) in [5.41, 5.74) is 0. The van der Waals surface area contributed by atoms with Crippen LogP contribution >= 0.6 is 35.3 Å². The molecule has 3 heterocycles. The minimum atomic E-state index is 0. The third-order valence-corrected chi connectivity index (χ3v) is 6.25. The van der Waals surface area contributed by atoms with Gasteiger partial charge in [-0.3, -0.25) is 9.89 Å². The molecule has 2 fully saturated rings. The summed E-state index contributed by atoms with van der Waals surface area (Å²) in [5, 5.41) is 9.11. The van der Waals surface area contributed by atoms with Gasteiger partial charge in [-0.1, -0.05) is 6.07 Å². The zero-order valence-corrected chi connectivity index (χ0v) is 20.0. The van der Waals surface area contributed by atoms with Gasteiger partial charge in [0.1, 0.15) is 0 Å². The maximum Gasteiger partial charge on any atom is 0.191 e. The van der Waals surface area contributed by atoms with Crippen molar-refractivity contribution in [3.63, 3.8) is 0 Å². The Morgan fingerprint density at radius 1 is 1.32 bits per heavy atom. The monoisotopic (exact) mass is 522 g/mol. The molecule has 1 aromatic rings. The second-order valence-corrected chi connectivity index (χ2v) is 8.17. The maximum absolute atomic E-state index is 5.93. The molecule has 0 amide bonds. The molecule has 3 rings (SSSR count). The van der Waals surface area contributed by atoms with Crippen LogP contribution in [-0.2, 0) is 9.47 Å². The molecule has 2 aliphatic rings. The Morgan fingerprint density at radius 2 is 2.11 bits per heavy atom. The van der Waals surface area contributed by atoms with Crippen molar-refractivity contribution in [3.8, 4) is 0 Å². The average molecular weight is 522 g/mol. The lowest BCUT2D eigenvalue weighted by Gasteiger charge is -2.27. The molecule has 1 unspecified atom stereocenters. The van der Waals surface area contributed by atoms with Crippen molar-refractivity contribution in [3.05, 3.63) is 22.4 Å². The third kappa shape index (κ3) is 7.78. The Labute approximate surface area is 190 Å². The van der Waals surface area contributed by atoms with E-state index in [0.29, 0.717) is 12.1 Å². The van der Waals surface area contributed by atoms with Crippen molar-refractivity contribution in [2.24, 2.45) is 4.99 Å². The molecule has 28 heavy (non-hydrogen) atoms. The minimum Gasteiger partial charge on any atom is -0.381 e. The highest BCUT2D eigenvalue weighted by Crippen LogP contribution is 2.27. The highest BCUT2D eigenvalue weighted by atomic mass is 127. The van der Waals surface area contributed by atoms with E-state index in [0.717, 1.165) is 58.1 Å². The first kappa shape index (κ1) is 23.9. The van der Waals surface area contributed by atoms with Crippen molar-refractivity contribution >= 4 is 41.3 Å². The van der Waals surface area contributed by atoms with Gasteiger partial charge in [0.05, 0.1) is 12.1 Å². The molecule has 2 N–H and O–H groups in total. The van der Waals surface area contributed by atoms with E-state index in [1.165, 1.54) is 30.8 Å². The van der Waals surface area contributed by atoms with Gasteiger partial charge in [-0.25, -0.2) is 0 Å². The van der Waals surface area contributed by atoms with Crippen LogP contribution in [0.15, 0.2) is 22.5 Å². The van der Waals surface area contributed by atoms with Gasteiger partial charge >= 0.3 is 0 Å². The Bertz CT molecular complexity index is 546. The molecule has 0 saturated carbocycles. The number of likely N-dealkylation sites (tertiary alicyclic amines) is 1. The van der Waals surface area contributed by atoms with Crippen LogP contribution in [0.1, 0.15) is 43.0 Å². The highest BCUT2D eigenvalue weighted by molar-refractivity contribution is 14.0. The van der Waals surface area contributed by atoms with Gasteiger partial charge in [0, 0.05) is 44.8 Å². The predicted molar refractivity (Wildman–Crippen MR) is 127 cm³/mol. The zero-order valence-electron chi connectivity index (χ0n) is 16.9. The number of nitrogens with zero attached hydrogens (tertiary/aromatic N) is 2. The lowest BCUT2D eigenvalue weighted by molar-refractivity contribution is -0.0320. The van der Waals surface area contributed by atoms with Crippen LogP contribution in [0.5, 0.6) is 0 Å². The van der Waals surface area contributed by atoms with E-state index in [9.17, 15) is 0 Å². The largest absolute Gasteiger partial charge is 0.381 e. The Hall–Kier alpha value is -0.420. The van der Waals surface area contributed by atoms with Crippen LogP contribution in [0.25, 0.3) is 0 Å². The van der Waals surface area contributed by atoms with Crippen molar-refractivity contribution in [1.82, 2.24) is 15.5 Å². The van der Waals surface area contributed by atoms with Crippen LogP contribution in [0, 0.1) is 0 Å². The van der Waals surface area contributed by atoms with Crippen molar-refractivity contribution < 1.29 is 9.47 Å². The van der Waals surface area contributed by atoms with E-state index < -0.39 is 0 Å². The van der Waals surface area contributed by atoms with E-state index >= 15 is 0 Å². The molecule has 0 radical (unpaired) electrons. The summed E-state index contributed by atoms with van der Waals surface area (Å²) in [6.07, 6.45) is 6.03. The molecular formula is C20H35IN4O2S. The SMILES string of the molecule is CN=C(NCCCOC1CCOCC1)NCC(c1cccs1)N1CCCC1.I. The number of ether oxygens (including phenoxy) is 2. The van der Waals surface area contributed by atoms with Crippen LogP contribution < -0.4 is 10.6 Å². The topological polar surface area (TPSA) is 58.1 Å². The van der Waals surface area contributed by atoms with Crippen molar-refractivity contribution in [1.29, 1.82) is 0 Å². The zero-order chi connectivity index (χ0) is 18.7. The summed E-state index contributed by atoms with van der Waals surface area (Å²) in [6, 6.07) is 4.83. The summed E-state index contributed by atoms with van der Waals surface area (Å²) >= 11 is 1.85. The summed E-state index contributed by atoms with van der Waals surface area (Å²) in [4.78, 5) is 8.40. The van der Waals surface area contributed by atoms with Gasteiger partial charge in [0.25, 0.3) is 0 Å². The Morgan fingerprint density at radius 3 is 2.79 bits per heavy atom. The Balaban J connectivity index is 0.00000280. The fourth-order valence-electron chi connectivity index (χ4n) is 3.73. The Kier molecular flexibility index (Phi) is 11.7. The average Bonchev–Trinajstić information content (AvgIpc) is 3.42. The summed E-state index contributed by atoms with van der Waals surface area (Å²) in [6.45, 7) is 6.61. The van der Waals surface area contributed by atoms with E-state index in [4.69, 9.17) is 9.47 Å². The molecule has 0 bridgehead atoms. The second-order valence-electron chi connectivity index (χ2n) is 7.19. The van der Waals surface area contributed by atoms with E-state index in [2.05, 4.69) is 38.0 Å². The number of hydrogen-bond donors (Lipinski definition) is 2. The first-order chi connectivity index (χ1) is 13.4. The van der Waals surface area contributed by atoms with Crippen molar-refractivity contribution in [2.75, 3.05) is 53.0 Å². The summed E-state index contributed by atoms with van der Waals surface area (Å²) in [5.74, 6) is 0.877. The summed E-state index contributed by atoms with van der Waals surface area (Å²) < 4.78 is 11.3. The molecule has 1 aromatic heterocycles. The van der Waals surface area contributed by atoms with E-state index in [1.54, 1.807) is 0 Å². The van der Waals surface area contributed by atoms with Crippen LogP contribution in [0.3, 0.4) is 0 Å². The van der Waals surface area contributed by atoms with Gasteiger partial charge in [0.2, 0.25) is 0 Å². The predicted octanol–water partition coefficient (Wildman–Crippen LogP) is 3.25. The first-order valence-corrected chi connectivity index (χ1v) is 11.2. The van der Waals surface area contributed by atoms with Gasteiger partial charge in [-0.2, -0.15) is 0 Å². The number of thiophene rings is 1. The summed E-state index contributed by atoms with van der Waals surface area (Å²) in [7, 11) is 1.84. The smallest absolute Gasteiger partial charge is 0.191 e. The fraction of sp³-hybridized carbons (Fsp3) is 0.750. The number of aliphatic imine (C=N–C) groups is 1. The normalized spacial score (nSPS) is 20.0. The third-order valence-electron chi connectivity index (χ3n) is 5.27. The van der Waals surface area contributed by atoms with Gasteiger partial charge in [0.15, 0.2) is 5.96 Å². The first-order valence-electron chi connectivity index (χ1n) is 10.3. The van der Waals surface area contributed by atoms with Crippen molar-refractivity contribution in [2.45, 2.75) is 44.2 Å². The van der Waals surface area contributed by atoms with E-state index in [-0.39, 0.29) is 24.0 Å². The lowest BCUT2D eigenvalue weighted by Crippen LogP contribution is -2.43.